The quantitative estimate of drug-likeness (QED) is 0.708. The summed E-state index contributed by atoms with van der Waals surface area (Å²) in [6, 6.07) is 12.4. The van der Waals surface area contributed by atoms with E-state index in [-0.39, 0.29) is 11.9 Å². The Morgan fingerprint density at radius 2 is 1.72 bits per heavy atom. The summed E-state index contributed by atoms with van der Waals surface area (Å²) in [5.41, 5.74) is 4.48. The standard InChI is InChI=1S/C26H35N3O3/c1-28-14-8-9-19-17-20(12-13-21(19)28)22(29-15-5-4-6-16-29)18-27-26(30)25-23(31-2)10-7-11-24(25)32-3/h7,10-13,17,22H,4-6,8-9,14-16,18H2,1-3H3,(H,27,30). The zero-order valence-corrected chi connectivity index (χ0v) is 19.5. The monoisotopic (exact) mass is 437 g/mol. The molecule has 32 heavy (non-hydrogen) atoms. The third-order valence-corrected chi connectivity index (χ3v) is 6.78. The van der Waals surface area contributed by atoms with E-state index in [1.165, 1.54) is 42.5 Å². The Labute approximate surface area is 191 Å². The maximum atomic E-state index is 13.2. The lowest BCUT2D eigenvalue weighted by molar-refractivity contribution is 0.0918. The maximum Gasteiger partial charge on any atom is 0.258 e. The van der Waals surface area contributed by atoms with Crippen LogP contribution in [0.25, 0.3) is 0 Å². The molecule has 1 saturated heterocycles. The minimum absolute atomic E-state index is 0.150. The van der Waals surface area contributed by atoms with Gasteiger partial charge in [0.25, 0.3) is 5.91 Å². The predicted octanol–water partition coefficient (Wildman–Crippen LogP) is 4.04. The number of benzene rings is 2. The number of hydrogen-bond acceptors (Lipinski definition) is 5. The Bertz CT molecular complexity index is 918. The van der Waals surface area contributed by atoms with E-state index in [2.05, 4.69) is 40.4 Å². The molecule has 6 nitrogen and oxygen atoms in total. The molecule has 2 heterocycles. The van der Waals surface area contributed by atoms with Gasteiger partial charge in [-0.05, 0) is 68.1 Å². The van der Waals surface area contributed by atoms with Crippen molar-refractivity contribution in [2.75, 3.05) is 52.3 Å². The Hall–Kier alpha value is -2.73. The Kier molecular flexibility index (Phi) is 7.20. The molecule has 1 amide bonds. The molecular weight excluding hydrogens is 402 g/mol. The van der Waals surface area contributed by atoms with Crippen LogP contribution in [0.15, 0.2) is 36.4 Å². The summed E-state index contributed by atoms with van der Waals surface area (Å²) in [4.78, 5) is 18.1. The summed E-state index contributed by atoms with van der Waals surface area (Å²) in [5.74, 6) is 0.875. The number of nitrogens with one attached hydrogen (secondary N) is 1. The number of hydrogen-bond donors (Lipinski definition) is 1. The van der Waals surface area contributed by atoms with Crippen molar-refractivity contribution in [3.05, 3.63) is 53.1 Å². The molecule has 1 unspecified atom stereocenters. The molecule has 0 saturated carbocycles. The van der Waals surface area contributed by atoms with Crippen molar-refractivity contribution in [2.24, 2.45) is 0 Å². The average molecular weight is 438 g/mol. The van der Waals surface area contributed by atoms with Crippen molar-refractivity contribution >= 4 is 11.6 Å². The molecule has 172 valence electrons. The number of likely N-dealkylation sites (tertiary alicyclic amines) is 1. The number of methoxy groups -OCH3 is 2. The second-order valence-electron chi connectivity index (χ2n) is 8.77. The first-order valence-electron chi connectivity index (χ1n) is 11.7. The SMILES string of the molecule is COc1cccc(OC)c1C(=O)NCC(c1ccc2c(c1)CCCN2C)N1CCCCC1. The molecule has 2 aromatic carbocycles. The van der Waals surface area contributed by atoms with Gasteiger partial charge in [0.2, 0.25) is 0 Å². The topological polar surface area (TPSA) is 54.0 Å². The molecule has 0 aliphatic carbocycles. The minimum atomic E-state index is -0.168. The van der Waals surface area contributed by atoms with E-state index < -0.39 is 0 Å². The lowest BCUT2D eigenvalue weighted by Crippen LogP contribution is -2.41. The van der Waals surface area contributed by atoms with E-state index in [4.69, 9.17) is 9.47 Å². The van der Waals surface area contributed by atoms with Gasteiger partial charge in [0.05, 0.1) is 20.3 Å². The van der Waals surface area contributed by atoms with Crippen molar-refractivity contribution in [1.29, 1.82) is 0 Å². The van der Waals surface area contributed by atoms with E-state index in [0.717, 1.165) is 26.1 Å². The number of amides is 1. The van der Waals surface area contributed by atoms with Gasteiger partial charge in [-0.1, -0.05) is 24.6 Å². The van der Waals surface area contributed by atoms with Crippen LogP contribution in [0.5, 0.6) is 11.5 Å². The first-order valence-corrected chi connectivity index (χ1v) is 11.7. The Morgan fingerprint density at radius 3 is 2.41 bits per heavy atom. The minimum Gasteiger partial charge on any atom is -0.496 e. The Morgan fingerprint density at radius 1 is 1.00 bits per heavy atom. The normalized spacial score (nSPS) is 17.4. The number of rotatable bonds is 7. The summed E-state index contributed by atoms with van der Waals surface area (Å²) in [5, 5.41) is 3.18. The zero-order chi connectivity index (χ0) is 22.5. The van der Waals surface area contributed by atoms with E-state index in [0.29, 0.717) is 23.6 Å². The molecule has 4 rings (SSSR count). The first-order chi connectivity index (χ1) is 15.6. The van der Waals surface area contributed by atoms with Gasteiger partial charge in [-0.2, -0.15) is 0 Å². The largest absolute Gasteiger partial charge is 0.496 e. The van der Waals surface area contributed by atoms with Crippen molar-refractivity contribution < 1.29 is 14.3 Å². The van der Waals surface area contributed by atoms with Crippen molar-refractivity contribution in [3.8, 4) is 11.5 Å². The van der Waals surface area contributed by atoms with Crippen LogP contribution in [0, 0.1) is 0 Å². The highest BCUT2D eigenvalue weighted by molar-refractivity contribution is 5.99. The van der Waals surface area contributed by atoms with Gasteiger partial charge in [0, 0.05) is 25.8 Å². The molecule has 2 aromatic rings. The van der Waals surface area contributed by atoms with Crippen LogP contribution in [0.1, 0.15) is 53.2 Å². The summed E-state index contributed by atoms with van der Waals surface area (Å²) in [6.45, 7) is 3.79. The van der Waals surface area contributed by atoms with Gasteiger partial charge in [-0.15, -0.1) is 0 Å². The fourth-order valence-corrected chi connectivity index (χ4v) is 5.05. The molecule has 6 heteroatoms. The molecule has 0 aromatic heterocycles. The highest BCUT2D eigenvalue weighted by Crippen LogP contribution is 2.32. The highest BCUT2D eigenvalue weighted by atomic mass is 16.5. The number of piperidine rings is 1. The maximum absolute atomic E-state index is 13.2. The van der Waals surface area contributed by atoms with Gasteiger partial charge in [0.15, 0.2) is 0 Å². The summed E-state index contributed by atoms with van der Waals surface area (Å²) in [6.07, 6.45) is 6.00. The predicted molar refractivity (Wildman–Crippen MR) is 128 cm³/mol. The van der Waals surface area contributed by atoms with E-state index in [9.17, 15) is 4.79 Å². The van der Waals surface area contributed by atoms with Crippen LogP contribution >= 0.6 is 0 Å². The summed E-state index contributed by atoms with van der Waals surface area (Å²) >= 11 is 0. The third kappa shape index (κ3) is 4.70. The lowest BCUT2D eigenvalue weighted by atomic mass is 9.95. The van der Waals surface area contributed by atoms with E-state index >= 15 is 0 Å². The smallest absolute Gasteiger partial charge is 0.258 e. The second kappa shape index (κ2) is 10.3. The number of carbonyl (C=O) groups excluding carboxylic acids is 1. The molecule has 1 fully saturated rings. The zero-order valence-electron chi connectivity index (χ0n) is 19.5. The van der Waals surface area contributed by atoms with Crippen LogP contribution in [0.2, 0.25) is 0 Å². The molecule has 1 atom stereocenters. The van der Waals surface area contributed by atoms with Crippen molar-refractivity contribution in [3.63, 3.8) is 0 Å². The molecule has 2 aliphatic rings. The van der Waals surface area contributed by atoms with Crippen molar-refractivity contribution in [2.45, 2.75) is 38.1 Å². The molecule has 0 spiro atoms. The fraction of sp³-hybridized carbons (Fsp3) is 0.500. The highest BCUT2D eigenvalue weighted by Gasteiger charge is 2.26. The molecule has 0 bridgehead atoms. The summed E-state index contributed by atoms with van der Waals surface area (Å²) < 4.78 is 10.9. The molecule has 1 N–H and O–H groups in total. The number of aryl methyl sites for hydroxylation is 1. The lowest BCUT2D eigenvalue weighted by Gasteiger charge is -2.36. The van der Waals surface area contributed by atoms with Gasteiger partial charge in [-0.25, -0.2) is 0 Å². The van der Waals surface area contributed by atoms with Gasteiger partial charge >= 0.3 is 0 Å². The molecular formula is C26H35N3O3. The van der Waals surface area contributed by atoms with Crippen LogP contribution in [0.3, 0.4) is 0 Å². The number of nitrogens with zero attached hydrogens (tertiary/aromatic N) is 2. The number of anilines is 1. The van der Waals surface area contributed by atoms with Crippen LogP contribution in [-0.4, -0.2) is 58.3 Å². The fourth-order valence-electron chi connectivity index (χ4n) is 5.05. The number of ether oxygens (including phenoxy) is 2. The first kappa shape index (κ1) is 22.5. The van der Waals surface area contributed by atoms with E-state index in [1.54, 1.807) is 26.4 Å². The average Bonchev–Trinajstić information content (AvgIpc) is 2.84. The van der Waals surface area contributed by atoms with Crippen LogP contribution in [-0.2, 0) is 6.42 Å². The third-order valence-electron chi connectivity index (χ3n) is 6.78. The van der Waals surface area contributed by atoms with Gasteiger partial charge < -0.3 is 19.7 Å². The molecule has 0 radical (unpaired) electrons. The van der Waals surface area contributed by atoms with E-state index in [1.807, 2.05) is 6.07 Å². The Balaban J connectivity index is 1.58. The second-order valence-corrected chi connectivity index (χ2v) is 8.77. The number of carbonyl (C=O) groups is 1. The van der Waals surface area contributed by atoms with Gasteiger partial charge in [-0.3, -0.25) is 9.69 Å². The van der Waals surface area contributed by atoms with Crippen LogP contribution < -0.4 is 19.7 Å². The number of fused-ring (bicyclic) bond motifs is 1. The van der Waals surface area contributed by atoms with Crippen molar-refractivity contribution in [1.82, 2.24) is 10.2 Å². The summed E-state index contributed by atoms with van der Waals surface area (Å²) in [7, 11) is 5.32. The molecule has 2 aliphatic heterocycles. The van der Waals surface area contributed by atoms with Gasteiger partial charge in [0.1, 0.15) is 17.1 Å². The van der Waals surface area contributed by atoms with Crippen LogP contribution in [0.4, 0.5) is 5.69 Å².